The average Bonchev–Trinajstić information content (AvgIpc) is 3.09. The summed E-state index contributed by atoms with van der Waals surface area (Å²) in [4.78, 5) is 17.0. The van der Waals surface area contributed by atoms with E-state index in [1.807, 2.05) is 24.0 Å². The summed E-state index contributed by atoms with van der Waals surface area (Å²) in [5, 5.41) is 3.11. The van der Waals surface area contributed by atoms with Crippen LogP contribution >= 0.6 is 0 Å². The van der Waals surface area contributed by atoms with E-state index in [0.29, 0.717) is 5.92 Å². The van der Waals surface area contributed by atoms with E-state index in [4.69, 9.17) is 9.15 Å². The minimum absolute atomic E-state index is 0.0562. The summed E-state index contributed by atoms with van der Waals surface area (Å²) >= 11 is 0. The predicted octanol–water partition coefficient (Wildman–Crippen LogP) is 1.96. The molecule has 0 spiro atoms. The number of likely N-dealkylation sites (tertiary alicyclic amines) is 1. The molecule has 1 aromatic heterocycles. The summed E-state index contributed by atoms with van der Waals surface area (Å²) in [6.07, 6.45) is 4.70. The number of hydrogen-bond acceptors (Lipinski definition) is 4. The molecule has 24 heavy (non-hydrogen) atoms. The first-order chi connectivity index (χ1) is 11.7. The molecule has 3 heterocycles. The molecule has 2 aliphatic heterocycles. The first-order valence-corrected chi connectivity index (χ1v) is 9.08. The molecule has 0 saturated carbocycles. The number of urea groups is 1. The highest BCUT2D eigenvalue weighted by molar-refractivity contribution is 5.74. The summed E-state index contributed by atoms with van der Waals surface area (Å²) < 4.78 is 10.8. The van der Waals surface area contributed by atoms with Crippen molar-refractivity contribution >= 4 is 6.03 Å². The summed E-state index contributed by atoms with van der Waals surface area (Å²) in [5.74, 6) is 1.48. The Kier molecular flexibility index (Phi) is 6.15. The monoisotopic (exact) mass is 335 g/mol. The molecule has 1 aromatic rings. The quantitative estimate of drug-likeness (QED) is 0.894. The maximum Gasteiger partial charge on any atom is 0.317 e. The van der Waals surface area contributed by atoms with Crippen LogP contribution in [0.3, 0.4) is 0 Å². The third-order valence-electron chi connectivity index (χ3n) is 4.88. The van der Waals surface area contributed by atoms with Gasteiger partial charge in [-0.1, -0.05) is 0 Å². The number of amides is 2. The SMILES string of the molecule is C[C@@H](Cc1ccco1)NC(=O)N1CCC[C@H](CN2CCOCC2)C1. The Bertz CT molecular complexity index is 500. The second kappa shape index (κ2) is 8.53. The molecular weight excluding hydrogens is 306 g/mol. The summed E-state index contributed by atoms with van der Waals surface area (Å²) in [5.41, 5.74) is 0. The van der Waals surface area contributed by atoms with E-state index >= 15 is 0 Å². The molecular formula is C18H29N3O3. The van der Waals surface area contributed by atoms with Gasteiger partial charge in [0.2, 0.25) is 0 Å². The van der Waals surface area contributed by atoms with Crippen molar-refractivity contribution in [2.75, 3.05) is 45.9 Å². The molecule has 0 bridgehead atoms. The topological polar surface area (TPSA) is 58.0 Å². The molecule has 0 radical (unpaired) electrons. The zero-order chi connectivity index (χ0) is 16.8. The molecule has 0 aromatic carbocycles. The van der Waals surface area contributed by atoms with E-state index in [1.165, 1.54) is 6.42 Å². The van der Waals surface area contributed by atoms with Crippen molar-refractivity contribution < 1.29 is 13.9 Å². The Morgan fingerprint density at radius 1 is 1.38 bits per heavy atom. The van der Waals surface area contributed by atoms with Gasteiger partial charge in [0.1, 0.15) is 5.76 Å². The number of nitrogens with zero attached hydrogens (tertiary/aromatic N) is 2. The molecule has 0 aliphatic carbocycles. The van der Waals surface area contributed by atoms with E-state index in [1.54, 1.807) is 6.26 Å². The second-order valence-electron chi connectivity index (χ2n) is 7.00. The highest BCUT2D eigenvalue weighted by atomic mass is 16.5. The number of ether oxygens (including phenoxy) is 1. The Morgan fingerprint density at radius 2 is 2.21 bits per heavy atom. The Balaban J connectivity index is 1.43. The van der Waals surface area contributed by atoms with Gasteiger partial charge >= 0.3 is 6.03 Å². The van der Waals surface area contributed by atoms with Crippen LogP contribution in [0, 0.1) is 5.92 Å². The van der Waals surface area contributed by atoms with Crippen LogP contribution in [0.1, 0.15) is 25.5 Å². The highest BCUT2D eigenvalue weighted by Crippen LogP contribution is 2.18. The molecule has 134 valence electrons. The standard InChI is InChI=1S/C18H29N3O3/c1-15(12-17-5-3-9-24-17)19-18(22)21-6-2-4-16(14-21)13-20-7-10-23-11-8-20/h3,5,9,15-16H,2,4,6-8,10-14H2,1H3,(H,19,22)/t15-,16+/m0/s1. The predicted molar refractivity (Wildman–Crippen MR) is 92.0 cm³/mol. The maximum atomic E-state index is 12.5. The molecule has 6 nitrogen and oxygen atoms in total. The third-order valence-corrected chi connectivity index (χ3v) is 4.88. The minimum Gasteiger partial charge on any atom is -0.469 e. The van der Waals surface area contributed by atoms with Crippen molar-refractivity contribution in [3.63, 3.8) is 0 Å². The van der Waals surface area contributed by atoms with Gasteiger partial charge in [0.25, 0.3) is 0 Å². The van der Waals surface area contributed by atoms with E-state index in [2.05, 4.69) is 10.2 Å². The van der Waals surface area contributed by atoms with Crippen LogP contribution in [-0.4, -0.2) is 67.8 Å². The van der Waals surface area contributed by atoms with Gasteiger partial charge < -0.3 is 19.4 Å². The fourth-order valence-electron chi connectivity index (χ4n) is 3.63. The van der Waals surface area contributed by atoms with Gasteiger partial charge in [-0.15, -0.1) is 0 Å². The van der Waals surface area contributed by atoms with Gasteiger partial charge in [-0.2, -0.15) is 0 Å². The van der Waals surface area contributed by atoms with Crippen LogP contribution < -0.4 is 5.32 Å². The zero-order valence-corrected chi connectivity index (χ0v) is 14.6. The summed E-state index contributed by atoms with van der Waals surface area (Å²) in [7, 11) is 0. The lowest BCUT2D eigenvalue weighted by Gasteiger charge is -2.37. The van der Waals surface area contributed by atoms with Crippen LogP contribution in [0.5, 0.6) is 0 Å². The van der Waals surface area contributed by atoms with Gasteiger partial charge in [-0.25, -0.2) is 4.79 Å². The van der Waals surface area contributed by atoms with Crippen molar-refractivity contribution in [3.05, 3.63) is 24.2 Å². The van der Waals surface area contributed by atoms with E-state index in [9.17, 15) is 4.79 Å². The van der Waals surface area contributed by atoms with Crippen LogP contribution in [0.2, 0.25) is 0 Å². The number of morpholine rings is 1. The highest BCUT2D eigenvalue weighted by Gasteiger charge is 2.26. The number of piperidine rings is 1. The number of hydrogen-bond donors (Lipinski definition) is 1. The molecule has 2 atom stereocenters. The van der Waals surface area contributed by atoms with Crippen molar-refractivity contribution in [1.29, 1.82) is 0 Å². The number of furan rings is 1. The van der Waals surface area contributed by atoms with Gasteiger partial charge in [-0.05, 0) is 37.8 Å². The van der Waals surface area contributed by atoms with Gasteiger partial charge in [0.05, 0.1) is 19.5 Å². The van der Waals surface area contributed by atoms with Crippen LogP contribution in [-0.2, 0) is 11.2 Å². The normalized spacial score (nSPS) is 23.9. The molecule has 1 N–H and O–H groups in total. The number of carbonyl (C=O) groups excluding carboxylic acids is 1. The maximum absolute atomic E-state index is 12.5. The fraction of sp³-hybridized carbons (Fsp3) is 0.722. The van der Waals surface area contributed by atoms with Crippen LogP contribution in [0.4, 0.5) is 4.79 Å². The fourth-order valence-corrected chi connectivity index (χ4v) is 3.63. The first kappa shape index (κ1) is 17.3. The molecule has 6 heteroatoms. The lowest BCUT2D eigenvalue weighted by atomic mass is 9.97. The smallest absolute Gasteiger partial charge is 0.317 e. The van der Waals surface area contributed by atoms with E-state index in [0.717, 1.165) is 64.5 Å². The molecule has 2 saturated heterocycles. The molecule has 0 unspecified atom stereocenters. The Labute approximate surface area is 144 Å². The Morgan fingerprint density at radius 3 is 2.96 bits per heavy atom. The average molecular weight is 335 g/mol. The molecule has 2 fully saturated rings. The number of nitrogens with one attached hydrogen (secondary N) is 1. The lowest BCUT2D eigenvalue weighted by molar-refractivity contribution is 0.0248. The lowest BCUT2D eigenvalue weighted by Crippen LogP contribution is -2.50. The van der Waals surface area contributed by atoms with Crippen LogP contribution in [0.25, 0.3) is 0 Å². The zero-order valence-electron chi connectivity index (χ0n) is 14.6. The van der Waals surface area contributed by atoms with Crippen molar-refractivity contribution in [2.45, 2.75) is 32.2 Å². The van der Waals surface area contributed by atoms with Crippen LogP contribution in [0.15, 0.2) is 22.8 Å². The minimum atomic E-state index is 0.0562. The second-order valence-corrected chi connectivity index (χ2v) is 7.00. The molecule has 3 rings (SSSR count). The molecule has 2 aliphatic rings. The van der Waals surface area contributed by atoms with Gasteiger partial charge in [0, 0.05) is 45.2 Å². The van der Waals surface area contributed by atoms with Crippen molar-refractivity contribution in [2.24, 2.45) is 5.92 Å². The number of carbonyl (C=O) groups is 1. The van der Waals surface area contributed by atoms with E-state index in [-0.39, 0.29) is 12.1 Å². The number of rotatable bonds is 5. The van der Waals surface area contributed by atoms with Gasteiger partial charge in [0.15, 0.2) is 0 Å². The Hall–Kier alpha value is -1.53. The van der Waals surface area contributed by atoms with Crippen molar-refractivity contribution in [3.8, 4) is 0 Å². The van der Waals surface area contributed by atoms with Crippen molar-refractivity contribution in [1.82, 2.24) is 15.1 Å². The summed E-state index contributed by atoms with van der Waals surface area (Å²) in [6.45, 7) is 8.52. The largest absolute Gasteiger partial charge is 0.469 e. The third kappa shape index (κ3) is 4.98. The van der Waals surface area contributed by atoms with Gasteiger partial charge in [-0.3, -0.25) is 4.90 Å². The summed E-state index contributed by atoms with van der Waals surface area (Å²) in [6, 6.07) is 3.95. The van der Waals surface area contributed by atoms with E-state index < -0.39 is 0 Å². The first-order valence-electron chi connectivity index (χ1n) is 9.08. The molecule has 2 amide bonds.